The monoisotopic (exact) mass is 1280 g/mol. The van der Waals surface area contributed by atoms with Crippen molar-refractivity contribution < 1.29 is 0 Å². The number of hydrogen-bond donors (Lipinski definition) is 0. The Labute approximate surface area is 574 Å². The molecule has 0 saturated heterocycles. The van der Waals surface area contributed by atoms with Crippen LogP contribution >= 0.6 is 11.8 Å². The van der Waals surface area contributed by atoms with Gasteiger partial charge in [0.1, 0.15) is 0 Å². The molecule has 2 aliphatic rings. The summed E-state index contributed by atoms with van der Waals surface area (Å²) in [6, 6.07) is 116. The van der Waals surface area contributed by atoms with Crippen molar-refractivity contribution in [2.24, 2.45) is 0 Å². The van der Waals surface area contributed by atoms with E-state index in [4.69, 9.17) is 0 Å². The molecule has 6 heterocycles. The SMILES string of the molecule is CC12CC(c3cccc(-n4c5ccccc5c5cc(-c6ccc7c(c6)c6ccccc6n7-c6ccc7c(c6)c6ccccc6n7-c6ccccc6)ccc54)c3)=CC=C1Sc1c(-n3c4ccccc4c4cc(-c5ccc6c(c5)c5ccccc5n6-c5ccc(C#N)cc5)ccc43)cccc12. The van der Waals surface area contributed by atoms with E-state index in [1.807, 2.05) is 36.0 Å². The number of benzene rings is 14. The van der Waals surface area contributed by atoms with Crippen LogP contribution in [0.5, 0.6) is 0 Å². The quantitative estimate of drug-likeness (QED) is 0.152. The molecule has 21 rings (SSSR count). The molecule has 1 unspecified atom stereocenters. The van der Waals surface area contributed by atoms with Gasteiger partial charge in [0.2, 0.25) is 0 Å². The molecular formula is C92H58N6S. The van der Waals surface area contributed by atoms with Crippen molar-refractivity contribution in [1.82, 2.24) is 22.8 Å². The molecule has 14 aromatic carbocycles. The van der Waals surface area contributed by atoms with Crippen LogP contribution < -0.4 is 0 Å². The van der Waals surface area contributed by atoms with E-state index in [0.29, 0.717) is 5.56 Å². The van der Waals surface area contributed by atoms with Crippen molar-refractivity contribution >= 4 is 126 Å². The van der Waals surface area contributed by atoms with E-state index in [1.54, 1.807) is 0 Å². The molecular weight excluding hydrogens is 1220 g/mol. The van der Waals surface area contributed by atoms with Crippen molar-refractivity contribution in [1.29, 1.82) is 5.26 Å². The van der Waals surface area contributed by atoms with Crippen molar-refractivity contribution in [3.05, 3.63) is 343 Å². The Bertz CT molecular complexity index is 6810. The van der Waals surface area contributed by atoms with E-state index >= 15 is 0 Å². The third-order valence-electron chi connectivity index (χ3n) is 21.6. The van der Waals surface area contributed by atoms with Gasteiger partial charge in [-0.15, -0.1) is 0 Å². The summed E-state index contributed by atoms with van der Waals surface area (Å²) in [7, 11) is 0. The first-order valence-electron chi connectivity index (χ1n) is 34.0. The minimum absolute atomic E-state index is 0.217. The lowest BCUT2D eigenvalue weighted by molar-refractivity contribution is 0.597. The van der Waals surface area contributed by atoms with Crippen LogP contribution in [0.4, 0.5) is 0 Å². The van der Waals surface area contributed by atoms with Gasteiger partial charge < -0.3 is 22.8 Å². The second-order valence-electron chi connectivity index (χ2n) is 26.9. The van der Waals surface area contributed by atoms with Crippen molar-refractivity contribution in [2.75, 3.05) is 0 Å². The van der Waals surface area contributed by atoms with Gasteiger partial charge in [0, 0.05) is 91.8 Å². The average molecular weight is 1280 g/mol. The summed E-state index contributed by atoms with van der Waals surface area (Å²) in [5.74, 6) is 0. The molecule has 0 fully saturated rings. The van der Waals surface area contributed by atoms with Crippen LogP contribution in [-0.2, 0) is 5.41 Å². The Kier molecular flexibility index (Phi) is 11.9. The van der Waals surface area contributed by atoms with Crippen LogP contribution in [-0.4, -0.2) is 22.8 Å². The maximum absolute atomic E-state index is 9.55. The van der Waals surface area contributed by atoms with Crippen LogP contribution in [0.15, 0.2) is 331 Å². The highest BCUT2D eigenvalue weighted by molar-refractivity contribution is 8.03. The van der Waals surface area contributed by atoms with Gasteiger partial charge in [-0.3, -0.25) is 0 Å². The van der Waals surface area contributed by atoms with E-state index in [9.17, 15) is 5.26 Å². The summed E-state index contributed by atoms with van der Waals surface area (Å²) >= 11 is 1.94. The fourth-order valence-electron chi connectivity index (χ4n) is 17.0. The second-order valence-corrected chi connectivity index (χ2v) is 28.0. The van der Waals surface area contributed by atoms with Crippen molar-refractivity contribution in [3.8, 4) is 56.8 Å². The van der Waals surface area contributed by atoms with Crippen LogP contribution in [0.25, 0.3) is 165 Å². The van der Waals surface area contributed by atoms with Crippen LogP contribution in [0.2, 0.25) is 0 Å². The minimum atomic E-state index is -0.217. The summed E-state index contributed by atoms with van der Waals surface area (Å²) in [5, 5.41) is 21.8. The first kappa shape index (κ1) is 55.7. The number of thioether (sulfide) groups is 1. The molecule has 0 saturated carbocycles. The van der Waals surface area contributed by atoms with Crippen LogP contribution in [0, 0.1) is 11.3 Å². The summed E-state index contributed by atoms with van der Waals surface area (Å²) in [6.45, 7) is 2.46. The number of fused-ring (bicyclic) bond motifs is 18. The highest BCUT2D eigenvalue weighted by Crippen LogP contribution is 2.60. The number of nitrogens with zero attached hydrogens (tertiary/aromatic N) is 6. The van der Waals surface area contributed by atoms with E-state index in [-0.39, 0.29) is 5.41 Å². The zero-order valence-electron chi connectivity index (χ0n) is 53.9. The first-order chi connectivity index (χ1) is 48.9. The smallest absolute Gasteiger partial charge is 0.0991 e. The average Bonchev–Trinajstić information content (AvgIpc) is 1.58. The van der Waals surface area contributed by atoms with Gasteiger partial charge >= 0.3 is 0 Å². The molecule has 0 bridgehead atoms. The molecule has 0 N–H and O–H groups in total. The molecule has 5 aromatic heterocycles. The topological polar surface area (TPSA) is 48.4 Å². The molecule has 7 heteroatoms. The third kappa shape index (κ3) is 8.18. The Morgan fingerprint density at radius 2 is 0.677 bits per heavy atom. The lowest BCUT2D eigenvalue weighted by Crippen LogP contribution is -2.22. The van der Waals surface area contributed by atoms with Gasteiger partial charge in [0.25, 0.3) is 0 Å². The predicted octanol–water partition coefficient (Wildman–Crippen LogP) is 24.1. The normalized spacial score (nSPS) is 14.6. The van der Waals surface area contributed by atoms with E-state index in [2.05, 4.69) is 333 Å². The second kappa shape index (κ2) is 21.2. The molecule has 462 valence electrons. The van der Waals surface area contributed by atoms with Crippen LogP contribution in [0.3, 0.4) is 0 Å². The van der Waals surface area contributed by atoms with Gasteiger partial charge in [0.15, 0.2) is 0 Å². The van der Waals surface area contributed by atoms with Crippen LogP contribution in [0.1, 0.15) is 30.0 Å². The summed E-state index contributed by atoms with van der Waals surface area (Å²) in [5.41, 5.74) is 26.6. The highest BCUT2D eigenvalue weighted by atomic mass is 32.2. The standard InChI is InChI=1S/C92H58N6S/c1-92-55-63(39-48-90(92)99-91-78(92)26-16-32-89(91)98-83-31-14-9-24-71(83)76-53-62(38-46-88(76)98)59-35-43-84-73(50-59)68-21-5-10-27-79(68)95(84)65-40-33-57(56-93)34-41-65)58-17-15-20-66(49-58)96-81-29-12-6-22-69(81)74-51-60(36-44-85(74)96)61-37-45-86-75(52-61)70-23-7-13-30-82(70)97(86)67-42-47-87-77(54-67)72-25-8-11-28-80(72)94(87)64-18-3-2-4-19-64/h2-54H,55H2,1H3. The molecule has 6 nitrogen and oxygen atoms in total. The van der Waals surface area contributed by atoms with Gasteiger partial charge in [-0.05, 0) is 197 Å². The molecule has 1 atom stereocenters. The van der Waals surface area contributed by atoms with E-state index < -0.39 is 0 Å². The van der Waals surface area contributed by atoms with Gasteiger partial charge in [-0.1, -0.05) is 189 Å². The van der Waals surface area contributed by atoms with E-state index in [0.717, 1.165) is 40.2 Å². The minimum Gasteiger partial charge on any atom is -0.309 e. The summed E-state index contributed by atoms with van der Waals surface area (Å²) in [6.07, 6.45) is 5.67. The van der Waals surface area contributed by atoms with Gasteiger partial charge in [-0.25, -0.2) is 0 Å². The Morgan fingerprint density at radius 3 is 1.17 bits per heavy atom. The number of hydrogen-bond acceptors (Lipinski definition) is 2. The molecule has 0 amide bonds. The zero-order valence-corrected chi connectivity index (χ0v) is 54.7. The van der Waals surface area contributed by atoms with Gasteiger partial charge in [-0.2, -0.15) is 5.26 Å². The van der Waals surface area contributed by atoms with E-state index in [1.165, 1.54) is 152 Å². The fraction of sp³-hybridized carbons (Fsp3) is 0.0326. The fourth-order valence-corrected chi connectivity index (χ4v) is 18.4. The lowest BCUT2D eigenvalue weighted by atomic mass is 9.73. The molecule has 0 radical (unpaired) electrons. The summed E-state index contributed by atoms with van der Waals surface area (Å²) in [4.78, 5) is 2.70. The Morgan fingerprint density at radius 1 is 0.303 bits per heavy atom. The zero-order chi connectivity index (χ0) is 65.2. The largest absolute Gasteiger partial charge is 0.309 e. The highest BCUT2D eigenvalue weighted by Gasteiger charge is 2.43. The van der Waals surface area contributed by atoms with Gasteiger partial charge in [0.05, 0.1) is 72.5 Å². The molecule has 19 aromatic rings. The summed E-state index contributed by atoms with van der Waals surface area (Å²) < 4.78 is 12.1. The number of nitriles is 1. The number of rotatable bonds is 8. The third-order valence-corrected chi connectivity index (χ3v) is 23.0. The van der Waals surface area contributed by atoms with Crippen molar-refractivity contribution in [2.45, 2.75) is 23.7 Å². The lowest BCUT2D eigenvalue weighted by Gasteiger charge is -2.31. The Balaban J connectivity index is 0.604. The molecule has 0 spiro atoms. The number of allylic oxidation sites excluding steroid dienone is 4. The first-order valence-corrected chi connectivity index (χ1v) is 34.8. The molecule has 1 aliphatic carbocycles. The Hall–Kier alpha value is -12.6. The predicted molar refractivity (Wildman–Crippen MR) is 414 cm³/mol. The van der Waals surface area contributed by atoms with Crippen molar-refractivity contribution in [3.63, 3.8) is 0 Å². The molecule has 99 heavy (non-hydrogen) atoms. The number of para-hydroxylation sites is 6. The molecule has 1 aliphatic heterocycles. The maximum atomic E-state index is 9.55. The number of aromatic nitrogens is 5. The maximum Gasteiger partial charge on any atom is 0.0991 e.